The number of hydrogen-bond donors (Lipinski definition) is 1. The average molecular weight is 266 g/mol. The highest BCUT2D eigenvalue weighted by Crippen LogP contribution is 2.12. The molecule has 0 aliphatic heterocycles. The zero-order valence-corrected chi connectivity index (χ0v) is 8.75. The molecule has 0 aliphatic carbocycles. The van der Waals surface area contributed by atoms with Crippen LogP contribution in [-0.4, -0.2) is 10.2 Å². The van der Waals surface area contributed by atoms with Gasteiger partial charge in [0.2, 0.25) is 0 Å². The smallest absolute Gasteiger partial charge is 0.110 e. The number of aromatic nitrogens is 2. The van der Waals surface area contributed by atoms with Crippen LogP contribution < -0.4 is 0 Å². The van der Waals surface area contributed by atoms with Crippen molar-refractivity contribution in [2.24, 2.45) is 0 Å². The van der Waals surface area contributed by atoms with E-state index < -0.39 is 0 Å². The van der Waals surface area contributed by atoms with E-state index in [1.165, 1.54) is 0 Å². The molecule has 0 bridgehead atoms. The Balaban J connectivity index is 2.66. The van der Waals surface area contributed by atoms with E-state index in [0.717, 1.165) is 11.4 Å². The molecule has 0 aliphatic rings. The fourth-order valence-corrected chi connectivity index (χ4v) is 1.14. The Hall–Kier alpha value is -0.100. The summed E-state index contributed by atoms with van der Waals surface area (Å²) in [5, 5.41) is 7.03. The predicted molar refractivity (Wildman–Crippen MR) is 51.5 cm³/mol. The minimum atomic E-state index is 0.481. The molecule has 1 heterocycles. The molecule has 0 atom stereocenters. The molecule has 0 unspecified atom stereocenters. The molecule has 0 fully saturated rings. The van der Waals surface area contributed by atoms with Gasteiger partial charge in [-0.2, -0.15) is 5.10 Å². The first-order valence-electron chi connectivity index (χ1n) is 3.51. The Morgan fingerprint density at radius 3 is 2.91 bits per heavy atom. The van der Waals surface area contributed by atoms with Crippen LogP contribution in [0.2, 0.25) is 0 Å². The van der Waals surface area contributed by atoms with Crippen molar-refractivity contribution < 1.29 is 3.07 Å². The normalized spacial score (nSPS) is 10.9. The van der Waals surface area contributed by atoms with E-state index in [0.29, 0.717) is 12.5 Å². The van der Waals surface area contributed by atoms with Gasteiger partial charge in [0, 0.05) is 0 Å². The second-order valence-corrected chi connectivity index (χ2v) is 3.35. The van der Waals surface area contributed by atoms with Crippen molar-refractivity contribution in [2.75, 3.05) is 0 Å². The zero-order chi connectivity index (χ0) is 8.27. The molecule has 0 radical (unpaired) electrons. The molecule has 62 valence electrons. The van der Waals surface area contributed by atoms with Crippen molar-refractivity contribution >= 4 is 23.0 Å². The molecule has 1 aromatic rings. The molecule has 4 heteroatoms. The maximum Gasteiger partial charge on any atom is 0.110 e. The van der Waals surface area contributed by atoms with Crippen LogP contribution in [0, 0.1) is 0 Å². The van der Waals surface area contributed by atoms with Crippen LogP contribution in [-0.2, 0) is 9.67 Å². The van der Waals surface area contributed by atoms with E-state index >= 15 is 0 Å². The topological polar surface area (TPSA) is 37.9 Å². The molecule has 0 saturated carbocycles. The number of H-pyrrole nitrogens is 1. The second-order valence-electron chi connectivity index (χ2n) is 2.73. The lowest BCUT2D eigenvalue weighted by Crippen LogP contribution is -1.85. The van der Waals surface area contributed by atoms with E-state index in [4.69, 9.17) is 3.07 Å². The highest BCUT2D eigenvalue weighted by Gasteiger charge is 2.03. The van der Waals surface area contributed by atoms with Crippen molar-refractivity contribution in [3.63, 3.8) is 0 Å². The van der Waals surface area contributed by atoms with Gasteiger partial charge in [0.1, 0.15) is 29.6 Å². The minimum absolute atomic E-state index is 0.481. The lowest BCUT2D eigenvalue weighted by molar-refractivity contribution is 0.410. The van der Waals surface area contributed by atoms with E-state index in [9.17, 15) is 0 Å². The molecule has 0 aromatic carbocycles. The van der Waals surface area contributed by atoms with Crippen molar-refractivity contribution in [1.29, 1.82) is 0 Å². The number of nitrogens with zero attached hydrogens (tertiary/aromatic N) is 1. The van der Waals surface area contributed by atoms with Gasteiger partial charge in [-0.05, 0) is 12.0 Å². The average Bonchev–Trinajstić information content (AvgIpc) is 2.37. The fourth-order valence-electron chi connectivity index (χ4n) is 0.808. The van der Waals surface area contributed by atoms with Gasteiger partial charge in [-0.25, -0.2) is 0 Å². The lowest BCUT2D eigenvalue weighted by atomic mass is 10.1. The van der Waals surface area contributed by atoms with E-state index in [1.54, 1.807) is 0 Å². The second kappa shape index (κ2) is 4.06. The summed E-state index contributed by atoms with van der Waals surface area (Å²) >= 11 is 1.87. The van der Waals surface area contributed by atoms with E-state index in [-0.39, 0.29) is 0 Å². The number of aromatic amines is 1. The molecule has 0 amide bonds. The molecule has 1 rings (SSSR count). The summed E-state index contributed by atoms with van der Waals surface area (Å²) in [7, 11) is 0. The fraction of sp³-hybridized carbons (Fsp3) is 0.571. The van der Waals surface area contributed by atoms with Gasteiger partial charge in [0.15, 0.2) is 0 Å². The van der Waals surface area contributed by atoms with Gasteiger partial charge >= 0.3 is 0 Å². The molecule has 11 heavy (non-hydrogen) atoms. The van der Waals surface area contributed by atoms with E-state index in [2.05, 4.69) is 24.0 Å². The minimum Gasteiger partial charge on any atom is -0.309 e. The summed E-state index contributed by atoms with van der Waals surface area (Å²) < 4.78 is 4.92. The Bertz CT molecular complexity index is 222. The van der Waals surface area contributed by atoms with Gasteiger partial charge in [-0.15, -0.1) is 0 Å². The Morgan fingerprint density at radius 2 is 2.45 bits per heavy atom. The molecule has 1 aromatic heterocycles. The van der Waals surface area contributed by atoms with Crippen molar-refractivity contribution in [2.45, 2.75) is 26.4 Å². The highest BCUT2D eigenvalue weighted by atomic mass is 127. The molecule has 1 N–H and O–H groups in total. The van der Waals surface area contributed by atoms with Crippen LogP contribution in [0.4, 0.5) is 0 Å². The van der Waals surface area contributed by atoms with Crippen LogP contribution in [0.3, 0.4) is 0 Å². The summed E-state index contributed by atoms with van der Waals surface area (Å²) in [4.78, 5) is 0. The summed E-state index contributed by atoms with van der Waals surface area (Å²) in [5.74, 6) is 0.481. The number of halogens is 1. The number of rotatable bonds is 3. The first kappa shape index (κ1) is 8.99. The Labute approximate surface area is 80.2 Å². The van der Waals surface area contributed by atoms with Gasteiger partial charge in [-0.3, -0.25) is 5.10 Å². The number of hydrogen-bond acceptors (Lipinski definition) is 2. The Morgan fingerprint density at radius 1 is 1.73 bits per heavy atom. The summed E-state index contributed by atoms with van der Waals surface area (Å²) in [5.41, 5.74) is 2.12. The van der Waals surface area contributed by atoms with Crippen molar-refractivity contribution in [3.8, 4) is 0 Å². The molecule has 0 saturated heterocycles. The SMILES string of the molecule is CC(C)c1cc(COI)[nH]n1. The van der Waals surface area contributed by atoms with Gasteiger partial charge in [-0.1, -0.05) is 13.8 Å². The standard InChI is InChI=1S/C7H11IN2O/c1-5(2)7-3-6(4-11-8)9-10-7/h3,5H,4H2,1-2H3,(H,9,10). The predicted octanol–water partition coefficient (Wildman–Crippen LogP) is 2.40. The van der Waals surface area contributed by atoms with Crippen LogP contribution in [0.15, 0.2) is 6.07 Å². The molecular weight excluding hydrogens is 255 g/mol. The maximum absolute atomic E-state index is 4.92. The van der Waals surface area contributed by atoms with Gasteiger partial charge in [0.25, 0.3) is 0 Å². The first-order valence-corrected chi connectivity index (χ1v) is 4.40. The number of nitrogens with one attached hydrogen (secondary N) is 1. The van der Waals surface area contributed by atoms with E-state index in [1.807, 2.05) is 29.1 Å². The maximum atomic E-state index is 4.92. The quantitative estimate of drug-likeness (QED) is 0.853. The van der Waals surface area contributed by atoms with Crippen LogP contribution >= 0.6 is 23.0 Å². The molecule has 3 nitrogen and oxygen atoms in total. The van der Waals surface area contributed by atoms with Crippen molar-refractivity contribution in [1.82, 2.24) is 10.2 Å². The summed E-state index contributed by atoms with van der Waals surface area (Å²) in [6, 6.07) is 2.03. The van der Waals surface area contributed by atoms with Crippen molar-refractivity contribution in [3.05, 3.63) is 17.5 Å². The monoisotopic (exact) mass is 266 g/mol. The zero-order valence-electron chi connectivity index (χ0n) is 6.60. The Kier molecular flexibility index (Phi) is 3.32. The van der Waals surface area contributed by atoms with Crippen LogP contribution in [0.25, 0.3) is 0 Å². The largest absolute Gasteiger partial charge is 0.309 e. The van der Waals surface area contributed by atoms with Crippen LogP contribution in [0.5, 0.6) is 0 Å². The van der Waals surface area contributed by atoms with Gasteiger partial charge < -0.3 is 3.07 Å². The van der Waals surface area contributed by atoms with Crippen LogP contribution in [0.1, 0.15) is 31.2 Å². The first-order chi connectivity index (χ1) is 5.24. The third-order valence-electron chi connectivity index (χ3n) is 1.45. The summed E-state index contributed by atoms with van der Waals surface area (Å²) in [6.45, 7) is 4.83. The van der Waals surface area contributed by atoms with Gasteiger partial charge in [0.05, 0.1) is 11.4 Å². The molecule has 0 spiro atoms. The highest BCUT2D eigenvalue weighted by molar-refractivity contribution is 14.1. The molecular formula is C7H11IN2O. The third kappa shape index (κ3) is 2.44. The third-order valence-corrected chi connectivity index (χ3v) is 1.76. The lowest BCUT2D eigenvalue weighted by Gasteiger charge is -1.94. The summed E-state index contributed by atoms with van der Waals surface area (Å²) in [6.07, 6.45) is 0.